The van der Waals surface area contributed by atoms with Crippen LogP contribution in [0.1, 0.15) is 29.0 Å². The number of amides is 1. The van der Waals surface area contributed by atoms with E-state index < -0.39 is 5.91 Å². The Bertz CT molecular complexity index is 866. The van der Waals surface area contributed by atoms with Gasteiger partial charge in [-0.1, -0.05) is 24.3 Å². The summed E-state index contributed by atoms with van der Waals surface area (Å²) in [4.78, 5) is 13.4. The molecular formula is C21H22FN3O2. The smallest absolute Gasteiger partial charge is 0.267 e. The van der Waals surface area contributed by atoms with Crippen molar-refractivity contribution in [3.63, 3.8) is 0 Å². The quantitative estimate of drug-likeness (QED) is 0.441. The molecule has 6 heteroatoms. The van der Waals surface area contributed by atoms with Gasteiger partial charge in [0.25, 0.3) is 5.91 Å². The molecule has 1 amide bonds. The van der Waals surface area contributed by atoms with E-state index in [0.717, 1.165) is 42.9 Å². The minimum atomic E-state index is -0.552. The Hall–Kier alpha value is -2.70. The fourth-order valence-corrected chi connectivity index (χ4v) is 4.02. The van der Waals surface area contributed by atoms with Crippen molar-refractivity contribution in [3.05, 3.63) is 71.0 Å². The molecule has 5 nitrogen and oxygen atoms in total. The van der Waals surface area contributed by atoms with Gasteiger partial charge in [-0.15, -0.1) is 0 Å². The Morgan fingerprint density at radius 1 is 1.30 bits per heavy atom. The molecule has 0 aromatic heterocycles. The standard InChI is InChI=1S/C21H22FN3O2/c22-16-6-7-19-17(11-16)18-13-25(10-9-20(18)23-19)12-15-3-1-14(2-4-15)5-8-21(26)24-27/h1-8,11,18,20,23,27H,9-10,12-13H2,(H,24,26)/b8-5+. The van der Waals surface area contributed by atoms with Crippen LogP contribution in [0.15, 0.2) is 48.5 Å². The fourth-order valence-electron chi connectivity index (χ4n) is 4.02. The summed E-state index contributed by atoms with van der Waals surface area (Å²) in [6, 6.07) is 13.4. The molecule has 0 radical (unpaired) electrons. The zero-order chi connectivity index (χ0) is 18.8. The van der Waals surface area contributed by atoms with Gasteiger partial charge in [0, 0.05) is 43.4 Å². The number of carbonyl (C=O) groups excluding carboxylic acids is 1. The highest BCUT2D eigenvalue weighted by Gasteiger charge is 2.36. The number of nitrogens with one attached hydrogen (secondary N) is 2. The lowest BCUT2D eigenvalue weighted by atomic mass is 9.89. The summed E-state index contributed by atoms with van der Waals surface area (Å²) in [5, 5.41) is 12.0. The van der Waals surface area contributed by atoms with Crippen molar-refractivity contribution in [2.45, 2.75) is 24.9 Å². The number of rotatable bonds is 4. The summed E-state index contributed by atoms with van der Waals surface area (Å²) in [6.45, 7) is 2.75. The van der Waals surface area contributed by atoms with E-state index >= 15 is 0 Å². The van der Waals surface area contributed by atoms with Gasteiger partial charge in [0.2, 0.25) is 0 Å². The number of hydroxylamine groups is 1. The van der Waals surface area contributed by atoms with Gasteiger partial charge >= 0.3 is 0 Å². The maximum absolute atomic E-state index is 13.7. The van der Waals surface area contributed by atoms with Crippen molar-refractivity contribution in [3.8, 4) is 0 Å². The number of halogens is 1. The summed E-state index contributed by atoms with van der Waals surface area (Å²) in [6.07, 6.45) is 3.97. The predicted molar refractivity (Wildman–Crippen MR) is 102 cm³/mol. The molecule has 0 bridgehead atoms. The molecule has 1 fully saturated rings. The minimum Gasteiger partial charge on any atom is -0.381 e. The number of anilines is 1. The minimum absolute atomic E-state index is 0.174. The van der Waals surface area contributed by atoms with E-state index in [1.165, 1.54) is 17.7 Å². The fraction of sp³-hybridized carbons (Fsp3) is 0.286. The summed E-state index contributed by atoms with van der Waals surface area (Å²) in [5.74, 6) is -0.403. The molecule has 2 aliphatic heterocycles. The summed E-state index contributed by atoms with van der Waals surface area (Å²) >= 11 is 0. The molecular weight excluding hydrogens is 345 g/mol. The van der Waals surface area contributed by atoms with Crippen LogP contribution in [0.4, 0.5) is 10.1 Å². The van der Waals surface area contributed by atoms with Crippen molar-refractivity contribution in [1.29, 1.82) is 0 Å². The number of piperidine rings is 1. The molecule has 27 heavy (non-hydrogen) atoms. The van der Waals surface area contributed by atoms with Gasteiger partial charge in [-0.2, -0.15) is 0 Å². The second-order valence-corrected chi connectivity index (χ2v) is 7.16. The van der Waals surface area contributed by atoms with Crippen LogP contribution >= 0.6 is 0 Å². The Kier molecular flexibility index (Phi) is 4.92. The average molecular weight is 367 g/mol. The Balaban J connectivity index is 1.41. The molecule has 2 aliphatic rings. The molecule has 2 aromatic carbocycles. The van der Waals surface area contributed by atoms with Crippen LogP contribution in [0.5, 0.6) is 0 Å². The molecule has 0 saturated carbocycles. The van der Waals surface area contributed by atoms with E-state index in [1.54, 1.807) is 17.6 Å². The number of hydrogen-bond donors (Lipinski definition) is 3. The van der Waals surface area contributed by atoms with Crippen LogP contribution in [-0.2, 0) is 11.3 Å². The van der Waals surface area contributed by atoms with Gasteiger partial charge in [-0.05, 0) is 47.4 Å². The van der Waals surface area contributed by atoms with Gasteiger partial charge in [0.05, 0.1) is 0 Å². The van der Waals surface area contributed by atoms with E-state index in [9.17, 15) is 9.18 Å². The lowest BCUT2D eigenvalue weighted by Gasteiger charge is -2.35. The van der Waals surface area contributed by atoms with Gasteiger partial charge in [-0.25, -0.2) is 9.87 Å². The first-order valence-electron chi connectivity index (χ1n) is 9.12. The molecule has 2 unspecified atom stereocenters. The third-order valence-electron chi connectivity index (χ3n) is 5.37. The first-order valence-corrected chi connectivity index (χ1v) is 9.12. The molecule has 0 spiro atoms. The topological polar surface area (TPSA) is 64.6 Å². The van der Waals surface area contributed by atoms with E-state index in [0.29, 0.717) is 12.0 Å². The number of benzene rings is 2. The first-order chi connectivity index (χ1) is 13.1. The zero-order valence-electron chi connectivity index (χ0n) is 14.9. The summed E-state index contributed by atoms with van der Waals surface area (Å²) in [7, 11) is 0. The molecule has 0 aliphatic carbocycles. The average Bonchev–Trinajstić information content (AvgIpc) is 3.04. The van der Waals surface area contributed by atoms with E-state index in [-0.39, 0.29) is 5.82 Å². The van der Waals surface area contributed by atoms with Crippen LogP contribution in [0.25, 0.3) is 6.08 Å². The van der Waals surface area contributed by atoms with Crippen LogP contribution in [0, 0.1) is 5.82 Å². The van der Waals surface area contributed by atoms with Crippen LogP contribution < -0.4 is 10.8 Å². The van der Waals surface area contributed by atoms with Crippen molar-refractivity contribution < 1.29 is 14.4 Å². The largest absolute Gasteiger partial charge is 0.381 e. The highest BCUT2D eigenvalue weighted by atomic mass is 19.1. The predicted octanol–water partition coefficient (Wildman–Crippen LogP) is 3.13. The van der Waals surface area contributed by atoms with Crippen molar-refractivity contribution in [2.24, 2.45) is 0 Å². The lowest BCUT2D eigenvalue weighted by Crippen LogP contribution is -2.41. The van der Waals surface area contributed by atoms with Gasteiger partial charge in [-0.3, -0.25) is 14.9 Å². The molecule has 2 heterocycles. The van der Waals surface area contributed by atoms with Gasteiger partial charge in [0.1, 0.15) is 5.82 Å². The number of likely N-dealkylation sites (tertiary alicyclic amines) is 1. The Labute approximate surface area is 157 Å². The number of nitrogens with zero attached hydrogens (tertiary/aromatic N) is 1. The third-order valence-corrected chi connectivity index (χ3v) is 5.37. The monoisotopic (exact) mass is 367 g/mol. The van der Waals surface area contributed by atoms with E-state index in [2.05, 4.69) is 10.2 Å². The molecule has 140 valence electrons. The van der Waals surface area contributed by atoms with Crippen molar-refractivity contribution in [2.75, 3.05) is 18.4 Å². The summed E-state index contributed by atoms with van der Waals surface area (Å²) in [5.41, 5.74) is 5.82. The summed E-state index contributed by atoms with van der Waals surface area (Å²) < 4.78 is 13.7. The molecule has 4 rings (SSSR count). The van der Waals surface area contributed by atoms with Crippen molar-refractivity contribution >= 4 is 17.7 Å². The van der Waals surface area contributed by atoms with E-state index in [1.807, 2.05) is 30.3 Å². The second-order valence-electron chi connectivity index (χ2n) is 7.16. The number of hydrogen-bond acceptors (Lipinski definition) is 4. The normalized spacial score (nSPS) is 21.6. The highest BCUT2D eigenvalue weighted by Crippen LogP contribution is 2.40. The second kappa shape index (κ2) is 7.50. The van der Waals surface area contributed by atoms with Crippen LogP contribution in [0.3, 0.4) is 0 Å². The third kappa shape index (κ3) is 3.86. The Morgan fingerprint density at radius 3 is 2.89 bits per heavy atom. The van der Waals surface area contributed by atoms with Gasteiger partial charge in [0.15, 0.2) is 0 Å². The first kappa shape index (κ1) is 17.7. The van der Waals surface area contributed by atoms with Crippen molar-refractivity contribution in [1.82, 2.24) is 10.4 Å². The maximum Gasteiger partial charge on any atom is 0.267 e. The molecule has 2 atom stereocenters. The van der Waals surface area contributed by atoms with Crippen LogP contribution in [0.2, 0.25) is 0 Å². The molecule has 1 saturated heterocycles. The van der Waals surface area contributed by atoms with Crippen LogP contribution in [-0.4, -0.2) is 35.1 Å². The number of fused-ring (bicyclic) bond motifs is 3. The van der Waals surface area contributed by atoms with Gasteiger partial charge < -0.3 is 5.32 Å². The van der Waals surface area contributed by atoms with E-state index in [4.69, 9.17) is 5.21 Å². The highest BCUT2D eigenvalue weighted by molar-refractivity contribution is 5.90. The SMILES string of the molecule is O=C(/C=C/c1ccc(CN2CCC3Nc4ccc(F)cc4C3C2)cc1)NO. The maximum atomic E-state index is 13.7. The molecule has 2 aromatic rings. The Morgan fingerprint density at radius 2 is 2.11 bits per heavy atom. The zero-order valence-corrected chi connectivity index (χ0v) is 14.9. The lowest BCUT2D eigenvalue weighted by molar-refractivity contribution is -0.124. The number of carbonyl (C=O) groups is 1. The molecule has 3 N–H and O–H groups in total.